The Morgan fingerprint density at radius 1 is 1.32 bits per heavy atom. The van der Waals surface area contributed by atoms with Crippen molar-refractivity contribution in [1.29, 1.82) is 0 Å². The number of hydrogen-bond acceptors (Lipinski definition) is 6. The molecule has 19 heavy (non-hydrogen) atoms. The minimum Gasteiger partial charge on any atom is -0.378 e. The first-order chi connectivity index (χ1) is 9.22. The minimum atomic E-state index is 0.267. The van der Waals surface area contributed by atoms with Gasteiger partial charge >= 0.3 is 0 Å². The summed E-state index contributed by atoms with van der Waals surface area (Å²) in [6, 6.07) is 0.267. The van der Waals surface area contributed by atoms with Gasteiger partial charge in [-0.3, -0.25) is 4.90 Å². The molecule has 1 fully saturated rings. The average Bonchev–Trinajstić information content (AvgIpc) is 2.99. The summed E-state index contributed by atoms with van der Waals surface area (Å²) in [7, 11) is 0. The first-order valence-corrected chi connectivity index (χ1v) is 8.13. The lowest BCUT2D eigenvalue weighted by molar-refractivity contribution is -0.0141. The van der Waals surface area contributed by atoms with Gasteiger partial charge < -0.3 is 4.74 Å². The molecule has 2 aromatic heterocycles. The predicted molar refractivity (Wildman–Crippen MR) is 77.7 cm³/mol. The molecule has 1 aliphatic heterocycles. The summed E-state index contributed by atoms with van der Waals surface area (Å²) in [6.07, 6.45) is 0. The molecule has 0 N–H and O–H groups in total. The summed E-state index contributed by atoms with van der Waals surface area (Å²) in [5, 5.41) is 6.55. The van der Waals surface area contributed by atoms with E-state index in [1.54, 1.807) is 22.7 Å². The van der Waals surface area contributed by atoms with Gasteiger partial charge in [0, 0.05) is 23.0 Å². The number of ether oxygens (including phenoxy) is 1. The van der Waals surface area contributed by atoms with E-state index in [9.17, 15) is 0 Å². The smallest absolute Gasteiger partial charge is 0.107 e. The predicted octanol–water partition coefficient (Wildman–Crippen LogP) is 2.79. The maximum absolute atomic E-state index is 5.62. The zero-order valence-electron chi connectivity index (χ0n) is 11.1. The van der Waals surface area contributed by atoms with Crippen molar-refractivity contribution in [2.24, 2.45) is 0 Å². The monoisotopic (exact) mass is 295 g/mol. The molecule has 1 atom stereocenters. The third kappa shape index (κ3) is 3.02. The van der Waals surface area contributed by atoms with E-state index in [0.717, 1.165) is 42.7 Å². The molecular weight excluding hydrogens is 278 g/mol. The topological polar surface area (TPSA) is 38.2 Å². The first kappa shape index (κ1) is 13.2. The summed E-state index contributed by atoms with van der Waals surface area (Å²) < 4.78 is 5.62. The molecule has 3 rings (SSSR count). The summed E-state index contributed by atoms with van der Waals surface area (Å²) in [6.45, 7) is 7.45. The zero-order valence-corrected chi connectivity index (χ0v) is 12.8. The molecule has 0 amide bonds. The van der Waals surface area contributed by atoms with Gasteiger partial charge in [0.05, 0.1) is 36.5 Å². The summed E-state index contributed by atoms with van der Waals surface area (Å²) in [5.41, 5.74) is 2.24. The van der Waals surface area contributed by atoms with Crippen molar-refractivity contribution in [3.63, 3.8) is 0 Å². The second kappa shape index (κ2) is 5.66. The fourth-order valence-corrected chi connectivity index (χ4v) is 3.74. The molecular formula is C13H17N3OS2. The number of morpholine rings is 1. The van der Waals surface area contributed by atoms with Gasteiger partial charge in [-0.2, -0.15) is 0 Å². The molecule has 0 aliphatic carbocycles. The van der Waals surface area contributed by atoms with Gasteiger partial charge in [0.2, 0.25) is 0 Å². The Bertz CT molecular complexity index is 552. The normalized spacial score (nSPS) is 20.8. The quantitative estimate of drug-likeness (QED) is 0.873. The van der Waals surface area contributed by atoms with E-state index in [2.05, 4.69) is 25.6 Å². The van der Waals surface area contributed by atoms with E-state index in [1.807, 2.05) is 13.8 Å². The van der Waals surface area contributed by atoms with Gasteiger partial charge in [0.25, 0.3) is 0 Å². The lowest BCUT2D eigenvalue weighted by Crippen LogP contribution is -2.39. The van der Waals surface area contributed by atoms with Crippen molar-refractivity contribution in [2.45, 2.75) is 26.4 Å². The second-order valence-corrected chi connectivity index (χ2v) is 6.74. The van der Waals surface area contributed by atoms with Crippen molar-refractivity contribution in [2.75, 3.05) is 19.8 Å². The zero-order chi connectivity index (χ0) is 13.2. The van der Waals surface area contributed by atoms with Gasteiger partial charge in [-0.15, -0.1) is 22.7 Å². The average molecular weight is 295 g/mol. The van der Waals surface area contributed by atoms with Gasteiger partial charge in [0.1, 0.15) is 5.01 Å². The van der Waals surface area contributed by atoms with Crippen LogP contribution in [0.15, 0.2) is 10.8 Å². The highest BCUT2D eigenvalue weighted by atomic mass is 32.1. The highest BCUT2D eigenvalue weighted by molar-refractivity contribution is 7.09. The molecule has 1 saturated heterocycles. The van der Waals surface area contributed by atoms with Crippen LogP contribution in [0, 0.1) is 13.8 Å². The molecule has 102 valence electrons. The molecule has 0 spiro atoms. The molecule has 0 bridgehead atoms. The number of aryl methyl sites for hydroxylation is 2. The van der Waals surface area contributed by atoms with Crippen LogP contribution < -0.4 is 0 Å². The highest BCUT2D eigenvalue weighted by Crippen LogP contribution is 2.27. The number of thiazole rings is 2. The summed E-state index contributed by atoms with van der Waals surface area (Å²) in [5.74, 6) is 0. The lowest BCUT2D eigenvalue weighted by Gasteiger charge is -2.33. The van der Waals surface area contributed by atoms with E-state index in [-0.39, 0.29) is 6.04 Å². The van der Waals surface area contributed by atoms with Crippen molar-refractivity contribution < 1.29 is 4.74 Å². The van der Waals surface area contributed by atoms with E-state index >= 15 is 0 Å². The fraction of sp³-hybridized carbons (Fsp3) is 0.538. The van der Waals surface area contributed by atoms with E-state index in [4.69, 9.17) is 4.74 Å². The maximum atomic E-state index is 5.62. The standard InChI is InChI=1S/C13H17N3OS2/c1-9-7-19-13(14-9)5-16-3-4-17-6-12(16)11-8-18-10(2)15-11/h7-8,12H,3-6H2,1-2H3. The third-order valence-corrected chi connectivity index (χ3v) is 4.97. The van der Waals surface area contributed by atoms with Gasteiger partial charge in [-0.25, -0.2) is 9.97 Å². The Balaban J connectivity index is 1.77. The number of hydrogen-bond donors (Lipinski definition) is 0. The van der Waals surface area contributed by atoms with Crippen LogP contribution >= 0.6 is 22.7 Å². The van der Waals surface area contributed by atoms with Gasteiger partial charge in [-0.1, -0.05) is 0 Å². The van der Waals surface area contributed by atoms with Crippen LogP contribution in [0.2, 0.25) is 0 Å². The van der Waals surface area contributed by atoms with Gasteiger partial charge in [0.15, 0.2) is 0 Å². The Hall–Kier alpha value is -0.820. The number of rotatable bonds is 3. The lowest BCUT2D eigenvalue weighted by atomic mass is 10.2. The molecule has 6 heteroatoms. The van der Waals surface area contributed by atoms with Crippen LogP contribution in [0.4, 0.5) is 0 Å². The second-order valence-electron chi connectivity index (χ2n) is 4.74. The van der Waals surface area contributed by atoms with Crippen molar-refractivity contribution in [3.8, 4) is 0 Å². The molecule has 0 aromatic carbocycles. The highest BCUT2D eigenvalue weighted by Gasteiger charge is 2.27. The van der Waals surface area contributed by atoms with Crippen LogP contribution in [0.5, 0.6) is 0 Å². The molecule has 2 aromatic rings. The van der Waals surface area contributed by atoms with Crippen molar-refractivity contribution in [3.05, 3.63) is 32.2 Å². The molecule has 3 heterocycles. The third-order valence-electron chi connectivity index (χ3n) is 3.22. The van der Waals surface area contributed by atoms with E-state index in [1.165, 1.54) is 5.01 Å². The van der Waals surface area contributed by atoms with Crippen LogP contribution in [0.3, 0.4) is 0 Å². The van der Waals surface area contributed by atoms with Crippen molar-refractivity contribution >= 4 is 22.7 Å². The Labute approximate surface area is 121 Å². The Morgan fingerprint density at radius 2 is 2.21 bits per heavy atom. The van der Waals surface area contributed by atoms with Crippen LogP contribution in [-0.2, 0) is 11.3 Å². The summed E-state index contributed by atoms with van der Waals surface area (Å²) in [4.78, 5) is 11.6. The molecule has 4 nitrogen and oxygen atoms in total. The maximum Gasteiger partial charge on any atom is 0.107 e. The Morgan fingerprint density at radius 3 is 2.89 bits per heavy atom. The first-order valence-electron chi connectivity index (χ1n) is 6.37. The number of aromatic nitrogens is 2. The van der Waals surface area contributed by atoms with Crippen LogP contribution in [-0.4, -0.2) is 34.6 Å². The molecule has 0 saturated carbocycles. The fourth-order valence-electron chi connectivity index (χ4n) is 2.28. The van der Waals surface area contributed by atoms with E-state index in [0.29, 0.717) is 0 Å². The molecule has 1 unspecified atom stereocenters. The van der Waals surface area contributed by atoms with Crippen LogP contribution in [0.1, 0.15) is 27.4 Å². The number of nitrogens with zero attached hydrogens (tertiary/aromatic N) is 3. The molecule has 1 aliphatic rings. The largest absolute Gasteiger partial charge is 0.378 e. The molecule has 0 radical (unpaired) electrons. The van der Waals surface area contributed by atoms with Crippen molar-refractivity contribution in [1.82, 2.24) is 14.9 Å². The van der Waals surface area contributed by atoms with Crippen LogP contribution in [0.25, 0.3) is 0 Å². The SMILES string of the molecule is Cc1csc(CN2CCOCC2c2csc(C)n2)n1. The minimum absolute atomic E-state index is 0.267. The van der Waals surface area contributed by atoms with Gasteiger partial charge in [-0.05, 0) is 13.8 Å². The van der Waals surface area contributed by atoms with E-state index < -0.39 is 0 Å². The summed E-state index contributed by atoms with van der Waals surface area (Å²) >= 11 is 3.44. The Kier molecular flexibility index (Phi) is 3.93.